The summed E-state index contributed by atoms with van der Waals surface area (Å²) < 4.78 is 11.0. The van der Waals surface area contributed by atoms with Crippen LogP contribution in [0.1, 0.15) is 10.5 Å². The van der Waals surface area contributed by atoms with Gasteiger partial charge in [-0.25, -0.2) is 0 Å². The van der Waals surface area contributed by atoms with Gasteiger partial charge in [0.25, 0.3) is 5.91 Å². The number of amides is 1. The van der Waals surface area contributed by atoms with E-state index in [1.54, 1.807) is 55.8 Å². The lowest BCUT2D eigenvalue weighted by Crippen LogP contribution is -2.13. The van der Waals surface area contributed by atoms with Gasteiger partial charge in [-0.15, -0.1) is 0 Å². The lowest BCUT2D eigenvalue weighted by atomic mass is 10.2. The highest BCUT2D eigenvalue weighted by atomic mass is 16.5. The molecule has 0 aliphatic rings. The number of para-hydroxylation sites is 2. The molecule has 0 bridgehead atoms. The van der Waals surface area contributed by atoms with E-state index in [-0.39, 0.29) is 5.91 Å². The molecule has 0 aliphatic carbocycles. The zero-order chi connectivity index (χ0) is 16.8. The van der Waals surface area contributed by atoms with Crippen LogP contribution in [0.3, 0.4) is 0 Å². The number of carbonyl (C=O) groups excluding carboxylic acids is 1. The van der Waals surface area contributed by atoms with Gasteiger partial charge in [-0.1, -0.05) is 18.2 Å². The zero-order valence-electron chi connectivity index (χ0n) is 13.1. The molecule has 1 N–H and O–H groups in total. The SMILES string of the molecule is COc1ccccc1Oc1ccc(NC(=O)c2ccccn2)cc1. The molecule has 0 spiro atoms. The molecule has 3 aromatic rings. The van der Waals surface area contributed by atoms with Crippen LogP contribution in [0, 0.1) is 0 Å². The van der Waals surface area contributed by atoms with Crippen molar-refractivity contribution in [2.45, 2.75) is 0 Å². The van der Waals surface area contributed by atoms with E-state index < -0.39 is 0 Å². The molecule has 0 atom stereocenters. The number of carbonyl (C=O) groups is 1. The highest BCUT2D eigenvalue weighted by Crippen LogP contribution is 2.31. The maximum Gasteiger partial charge on any atom is 0.274 e. The topological polar surface area (TPSA) is 60.5 Å². The van der Waals surface area contributed by atoms with Gasteiger partial charge in [-0.05, 0) is 48.5 Å². The molecule has 1 amide bonds. The zero-order valence-corrected chi connectivity index (χ0v) is 13.1. The van der Waals surface area contributed by atoms with E-state index >= 15 is 0 Å². The van der Waals surface area contributed by atoms with Crippen molar-refractivity contribution in [3.63, 3.8) is 0 Å². The quantitative estimate of drug-likeness (QED) is 0.767. The fourth-order valence-corrected chi connectivity index (χ4v) is 2.13. The molecule has 120 valence electrons. The number of hydrogen-bond donors (Lipinski definition) is 1. The normalized spacial score (nSPS) is 10.0. The minimum absolute atomic E-state index is 0.256. The summed E-state index contributed by atoms with van der Waals surface area (Å²) in [6, 6.07) is 19.7. The molecule has 0 saturated carbocycles. The van der Waals surface area contributed by atoms with Crippen LogP contribution in [0.25, 0.3) is 0 Å². The summed E-state index contributed by atoms with van der Waals surface area (Å²) in [5, 5.41) is 2.79. The predicted octanol–water partition coefficient (Wildman–Crippen LogP) is 4.13. The summed E-state index contributed by atoms with van der Waals surface area (Å²) in [7, 11) is 1.60. The number of pyridine rings is 1. The Kier molecular flexibility index (Phi) is 4.72. The smallest absolute Gasteiger partial charge is 0.274 e. The van der Waals surface area contributed by atoms with E-state index in [1.165, 1.54) is 0 Å². The molecule has 0 radical (unpaired) electrons. The van der Waals surface area contributed by atoms with Gasteiger partial charge in [-0.2, -0.15) is 0 Å². The van der Waals surface area contributed by atoms with Crippen LogP contribution < -0.4 is 14.8 Å². The van der Waals surface area contributed by atoms with E-state index in [0.717, 1.165) is 0 Å². The number of benzene rings is 2. The summed E-state index contributed by atoms with van der Waals surface area (Å²) in [6.07, 6.45) is 1.58. The van der Waals surface area contributed by atoms with Crippen LogP contribution in [0.5, 0.6) is 17.2 Å². The van der Waals surface area contributed by atoms with Gasteiger partial charge < -0.3 is 14.8 Å². The van der Waals surface area contributed by atoms with Crippen molar-refractivity contribution in [2.24, 2.45) is 0 Å². The molecule has 24 heavy (non-hydrogen) atoms. The largest absolute Gasteiger partial charge is 0.493 e. The molecule has 1 heterocycles. The van der Waals surface area contributed by atoms with E-state index in [2.05, 4.69) is 10.3 Å². The predicted molar refractivity (Wildman–Crippen MR) is 91.7 cm³/mol. The second-order valence-corrected chi connectivity index (χ2v) is 4.95. The fraction of sp³-hybridized carbons (Fsp3) is 0.0526. The number of methoxy groups -OCH3 is 1. The Balaban J connectivity index is 1.68. The molecule has 2 aromatic carbocycles. The standard InChI is InChI=1S/C19H16N2O3/c1-23-17-7-2-3-8-18(17)24-15-11-9-14(10-12-15)21-19(22)16-6-4-5-13-20-16/h2-13H,1H3,(H,21,22). The molecular formula is C19H16N2O3. The Morgan fingerprint density at radius 3 is 2.29 bits per heavy atom. The van der Waals surface area contributed by atoms with Gasteiger partial charge in [0.2, 0.25) is 0 Å². The molecule has 0 aliphatic heterocycles. The maximum atomic E-state index is 12.1. The number of nitrogens with zero attached hydrogens (tertiary/aromatic N) is 1. The van der Waals surface area contributed by atoms with Crippen LogP contribution >= 0.6 is 0 Å². The highest BCUT2D eigenvalue weighted by molar-refractivity contribution is 6.02. The van der Waals surface area contributed by atoms with E-state index in [4.69, 9.17) is 9.47 Å². The number of ether oxygens (including phenoxy) is 2. The third-order valence-electron chi connectivity index (χ3n) is 3.31. The summed E-state index contributed by atoms with van der Waals surface area (Å²) in [5.74, 6) is 1.68. The van der Waals surface area contributed by atoms with Crippen molar-refractivity contribution in [1.82, 2.24) is 4.98 Å². The van der Waals surface area contributed by atoms with Crippen LogP contribution in [0.2, 0.25) is 0 Å². The van der Waals surface area contributed by atoms with Gasteiger partial charge in [0, 0.05) is 11.9 Å². The van der Waals surface area contributed by atoms with Crippen molar-refractivity contribution in [3.05, 3.63) is 78.6 Å². The number of rotatable bonds is 5. The second kappa shape index (κ2) is 7.28. The molecule has 0 fully saturated rings. The minimum Gasteiger partial charge on any atom is -0.493 e. The van der Waals surface area contributed by atoms with Gasteiger partial charge in [-0.3, -0.25) is 9.78 Å². The Hall–Kier alpha value is -3.34. The molecular weight excluding hydrogens is 304 g/mol. The van der Waals surface area contributed by atoms with E-state index in [1.807, 2.05) is 24.3 Å². The third-order valence-corrected chi connectivity index (χ3v) is 3.31. The Morgan fingerprint density at radius 1 is 0.917 bits per heavy atom. The number of nitrogens with one attached hydrogen (secondary N) is 1. The summed E-state index contributed by atoms with van der Waals surface area (Å²) in [4.78, 5) is 16.1. The maximum absolute atomic E-state index is 12.1. The first-order valence-corrected chi connectivity index (χ1v) is 7.39. The second-order valence-electron chi connectivity index (χ2n) is 4.95. The molecule has 0 saturated heterocycles. The lowest BCUT2D eigenvalue weighted by molar-refractivity contribution is 0.102. The molecule has 3 rings (SSSR count). The van der Waals surface area contributed by atoms with Crippen molar-refractivity contribution in [2.75, 3.05) is 12.4 Å². The fourth-order valence-electron chi connectivity index (χ4n) is 2.13. The number of aromatic nitrogens is 1. The Bertz CT molecular complexity index is 818. The van der Waals surface area contributed by atoms with Crippen LogP contribution in [-0.4, -0.2) is 18.0 Å². The first kappa shape index (κ1) is 15.6. The molecule has 5 nitrogen and oxygen atoms in total. The summed E-state index contributed by atoms with van der Waals surface area (Å²) in [6.45, 7) is 0. The van der Waals surface area contributed by atoms with Crippen LogP contribution in [-0.2, 0) is 0 Å². The van der Waals surface area contributed by atoms with Gasteiger partial charge >= 0.3 is 0 Å². The molecule has 5 heteroatoms. The van der Waals surface area contributed by atoms with Crippen molar-refractivity contribution in [3.8, 4) is 17.2 Å². The average Bonchev–Trinajstić information content (AvgIpc) is 2.64. The Labute approximate surface area is 139 Å². The van der Waals surface area contributed by atoms with Gasteiger partial charge in [0.1, 0.15) is 11.4 Å². The molecule has 0 unspecified atom stereocenters. The van der Waals surface area contributed by atoms with Crippen LogP contribution in [0.4, 0.5) is 5.69 Å². The number of anilines is 1. The van der Waals surface area contributed by atoms with E-state index in [9.17, 15) is 4.79 Å². The van der Waals surface area contributed by atoms with E-state index in [0.29, 0.717) is 28.6 Å². The van der Waals surface area contributed by atoms with Gasteiger partial charge in [0.05, 0.1) is 7.11 Å². The van der Waals surface area contributed by atoms with Gasteiger partial charge in [0.15, 0.2) is 11.5 Å². The lowest BCUT2D eigenvalue weighted by Gasteiger charge is -2.10. The Morgan fingerprint density at radius 2 is 1.62 bits per heavy atom. The van der Waals surface area contributed by atoms with Crippen LogP contribution in [0.15, 0.2) is 72.9 Å². The summed E-state index contributed by atoms with van der Waals surface area (Å²) in [5.41, 5.74) is 1.03. The summed E-state index contributed by atoms with van der Waals surface area (Å²) >= 11 is 0. The minimum atomic E-state index is -0.256. The third kappa shape index (κ3) is 3.70. The first-order chi connectivity index (χ1) is 11.8. The monoisotopic (exact) mass is 320 g/mol. The number of hydrogen-bond acceptors (Lipinski definition) is 4. The molecule has 1 aromatic heterocycles. The van der Waals surface area contributed by atoms with Crippen molar-refractivity contribution < 1.29 is 14.3 Å². The first-order valence-electron chi connectivity index (χ1n) is 7.39. The average molecular weight is 320 g/mol. The highest BCUT2D eigenvalue weighted by Gasteiger charge is 2.08. The van der Waals surface area contributed by atoms with Crippen molar-refractivity contribution in [1.29, 1.82) is 0 Å². The van der Waals surface area contributed by atoms with Crippen molar-refractivity contribution >= 4 is 11.6 Å².